The molecule has 6 nitrogen and oxygen atoms in total. The van der Waals surface area contributed by atoms with Gasteiger partial charge in [0.05, 0.1) is 16.1 Å². The topological polar surface area (TPSA) is 82.1 Å². The predicted molar refractivity (Wildman–Crippen MR) is 128 cm³/mol. The fourth-order valence-electron chi connectivity index (χ4n) is 4.52. The number of hydrogen-bond acceptors (Lipinski definition) is 4. The van der Waals surface area contributed by atoms with Gasteiger partial charge in [-0.2, -0.15) is 5.10 Å². The van der Waals surface area contributed by atoms with Crippen LogP contribution < -0.4 is 0 Å². The number of aromatic amines is 1. The summed E-state index contributed by atoms with van der Waals surface area (Å²) in [5, 5.41) is 19.0. The molecule has 8 heteroatoms. The molecule has 0 saturated carbocycles. The quantitative estimate of drug-likeness (QED) is 0.385. The van der Waals surface area contributed by atoms with Gasteiger partial charge in [0.1, 0.15) is 17.1 Å². The summed E-state index contributed by atoms with van der Waals surface area (Å²) in [6, 6.07) is 12.3. The van der Waals surface area contributed by atoms with Gasteiger partial charge in [-0.1, -0.05) is 41.4 Å². The number of halogens is 2. The zero-order valence-electron chi connectivity index (χ0n) is 17.9. The molecule has 4 aromatic rings. The van der Waals surface area contributed by atoms with E-state index < -0.39 is 6.04 Å². The number of amides is 1. The summed E-state index contributed by atoms with van der Waals surface area (Å²) in [5.74, 6) is -0.0687. The van der Waals surface area contributed by atoms with Crippen LogP contribution in [0.1, 0.15) is 44.3 Å². The van der Waals surface area contributed by atoms with Gasteiger partial charge in [-0.15, -0.1) is 0 Å². The van der Waals surface area contributed by atoms with Crippen molar-refractivity contribution in [1.82, 2.24) is 20.1 Å². The second-order valence-corrected chi connectivity index (χ2v) is 9.02. The van der Waals surface area contributed by atoms with Gasteiger partial charge in [-0.25, -0.2) is 0 Å². The lowest BCUT2D eigenvalue weighted by molar-refractivity contribution is 0.0730. The van der Waals surface area contributed by atoms with Gasteiger partial charge < -0.3 is 10.0 Å². The number of hydrogen-bond donors (Lipinski definition) is 2. The van der Waals surface area contributed by atoms with E-state index >= 15 is 0 Å². The van der Waals surface area contributed by atoms with Crippen molar-refractivity contribution in [2.75, 3.05) is 0 Å². The monoisotopic (exact) mass is 478 g/mol. The molecule has 1 amide bonds. The largest absolute Gasteiger partial charge is 0.507 e. The van der Waals surface area contributed by atoms with E-state index in [9.17, 15) is 9.90 Å². The molecule has 2 N–H and O–H groups in total. The van der Waals surface area contributed by atoms with E-state index in [1.54, 1.807) is 35.5 Å². The van der Waals surface area contributed by atoms with Gasteiger partial charge in [-0.05, 0) is 60.4 Å². The Hall–Kier alpha value is -3.35. The molecule has 0 saturated heterocycles. The number of nitrogens with one attached hydrogen (secondary N) is 1. The number of carbonyl (C=O) groups is 1. The molecule has 166 valence electrons. The number of rotatable bonds is 4. The van der Waals surface area contributed by atoms with E-state index in [2.05, 4.69) is 15.2 Å². The molecule has 1 unspecified atom stereocenters. The number of carbonyl (C=O) groups excluding carboxylic acids is 1. The van der Waals surface area contributed by atoms with Crippen LogP contribution in [0.4, 0.5) is 0 Å². The first-order chi connectivity index (χ1) is 15.8. The van der Waals surface area contributed by atoms with Crippen molar-refractivity contribution in [3.05, 3.63) is 98.4 Å². The van der Waals surface area contributed by atoms with Crippen LogP contribution in [-0.4, -0.2) is 31.1 Å². The third-order valence-corrected chi connectivity index (χ3v) is 6.63. The van der Waals surface area contributed by atoms with Gasteiger partial charge in [0.2, 0.25) is 0 Å². The maximum Gasteiger partial charge on any atom is 0.273 e. The summed E-state index contributed by atoms with van der Waals surface area (Å²) in [6.45, 7) is 4.18. The van der Waals surface area contributed by atoms with Crippen molar-refractivity contribution in [3.8, 4) is 17.0 Å². The van der Waals surface area contributed by atoms with Crippen LogP contribution in [0.25, 0.3) is 11.3 Å². The highest BCUT2D eigenvalue weighted by molar-refractivity contribution is 6.42. The maximum absolute atomic E-state index is 13.5. The van der Waals surface area contributed by atoms with Gasteiger partial charge >= 0.3 is 0 Å². The highest BCUT2D eigenvalue weighted by Crippen LogP contribution is 2.46. The average molecular weight is 479 g/mol. The number of pyridine rings is 1. The van der Waals surface area contributed by atoms with E-state index in [4.69, 9.17) is 23.2 Å². The third kappa shape index (κ3) is 3.65. The average Bonchev–Trinajstić information content (AvgIpc) is 3.30. The summed E-state index contributed by atoms with van der Waals surface area (Å²) in [5.41, 5.74) is 5.73. The van der Waals surface area contributed by atoms with E-state index in [0.717, 1.165) is 22.3 Å². The normalized spacial score (nSPS) is 15.2. The Kier molecular flexibility index (Phi) is 5.35. The minimum atomic E-state index is -0.476. The fraction of sp³-hybridized carbons (Fsp3) is 0.160. The molecule has 0 radical (unpaired) electrons. The maximum atomic E-state index is 13.5. The molecule has 2 aromatic heterocycles. The molecular weight excluding hydrogens is 459 g/mol. The Labute approximate surface area is 200 Å². The van der Waals surface area contributed by atoms with Crippen LogP contribution in [-0.2, 0) is 6.54 Å². The molecule has 0 spiro atoms. The van der Waals surface area contributed by atoms with E-state index in [1.807, 2.05) is 38.1 Å². The zero-order valence-corrected chi connectivity index (χ0v) is 19.4. The standard InChI is InChI=1S/C25H20Cl2N4O2/c1-13-8-14(2)20(19(32)9-13)22-21-23(30-29-22)25(33)31(12-15-4-3-7-28-11-15)24(21)16-5-6-17(26)18(27)10-16/h3-11,24,32H,12H2,1-2H3,(H,29,30). The number of aromatic nitrogens is 3. The Morgan fingerprint density at radius 3 is 2.64 bits per heavy atom. The first kappa shape index (κ1) is 21.5. The second-order valence-electron chi connectivity index (χ2n) is 8.21. The minimum absolute atomic E-state index is 0.118. The van der Waals surface area contributed by atoms with Crippen LogP contribution in [0.5, 0.6) is 5.75 Å². The molecule has 1 aliphatic rings. The van der Waals surface area contributed by atoms with Crippen molar-refractivity contribution in [3.63, 3.8) is 0 Å². The number of nitrogens with zero attached hydrogens (tertiary/aromatic N) is 3. The SMILES string of the molecule is Cc1cc(C)c(-c2n[nH]c3c2C(c2ccc(Cl)c(Cl)c2)N(Cc2cccnc2)C3=O)c(O)c1. The minimum Gasteiger partial charge on any atom is -0.507 e. The first-order valence-corrected chi connectivity index (χ1v) is 11.1. The van der Waals surface area contributed by atoms with Crippen LogP contribution in [0.15, 0.2) is 54.9 Å². The van der Waals surface area contributed by atoms with E-state index in [1.165, 1.54) is 0 Å². The van der Waals surface area contributed by atoms with Gasteiger partial charge in [0.15, 0.2) is 0 Å². The lowest BCUT2D eigenvalue weighted by Crippen LogP contribution is -2.29. The predicted octanol–water partition coefficient (Wildman–Crippen LogP) is 5.85. The van der Waals surface area contributed by atoms with E-state index in [0.29, 0.717) is 39.1 Å². The smallest absolute Gasteiger partial charge is 0.273 e. The van der Waals surface area contributed by atoms with Gasteiger partial charge in [0.25, 0.3) is 5.91 Å². The number of aromatic hydroxyl groups is 1. The second kappa shape index (κ2) is 8.21. The van der Waals surface area contributed by atoms with Crippen molar-refractivity contribution >= 4 is 29.1 Å². The van der Waals surface area contributed by atoms with Crippen LogP contribution in [0, 0.1) is 13.8 Å². The first-order valence-electron chi connectivity index (χ1n) is 10.4. The summed E-state index contributed by atoms with van der Waals surface area (Å²) in [7, 11) is 0. The molecule has 3 heterocycles. The Morgan fingerprint density at radius 2 is 1.94 bits per heavy atom. The third-order valence-electron chi connectivity index (χ3n) is 5.89. The molecule has 2 aromatic carbocycles. The Bertz CT molecular complexity index is 1360. The number of phenolic OH excluding ortho intramolecular Hbond substituents is 1. The van der Waals surface area contributed by atoms with Gasteiger partial charge in [0, 0.05) is 30.1 Å². The lowest BCUT2D eigenvalue weighted by atomic mass is 9.93. The highest BCUT2D eigenvalue weighted by atomic mass is 35.5. The Balaban J connectivity index is 1.71. The van der Waals surface area contributed by atoms with Crippen LogP contribution >= 0.6 is 23.2 Å². The van der Waals surface area contributed by atoms with Crippen molar-refractivity contribution in [2.24, 2.45) is 0 Å². The summed E-state index contributed by atoms with van der Waals surface area (Å²) < 4.78 is 0. The molecule has 1 atom stereocenters. The summed E-state index contributed by atoms with van der Waals surface area (Å²) >= 11 is 12.5. The zero-order chi connectivity index (χ0) is 23.3. The summed E-state index contributed by atoms with van der Waals surface area (Å²) in [4.78, 5) is 19.5. The van der Waals surface area contributed by atoms with Crippen molar-refractivity contribution in [2.45, 2.75) is 26.4 Å². The highest BCUT2D eigenvalue weighted by Gasteiger charge is 2.43. The number of phenols is 1. The fourth-order valence-corrected chi connectivity index (χ4v) is 4.83. The number of fused-ring (bicyclic) bond motifs is 1. The molecule has 0 fully saturated rings. The van der Waals surface area contributed by atoms with Crippen molar-refractivity contribution < 1.29 is 9.90 Å². The van der Waals surface area contributed by atoms with Crippen LogP contribution in [0.3, 0.4) is 0 Å². The van der Waals surface area contributed by atoms with Gasteiger partial charge in [-0.3, -0.25) is 14.9 Å². The number of aryl methyl sites for hydroxylation is 2. The molecule has 33 heavy (non-hydrogen) atoms. The van der Waals surface area contributed by atoms with Crippen molar-refractivity contribution in [1.29, 1.82) is 0 Å². The lowest BCUT2D eigenvalue weighted by Gasteiger charge is -2.27. The molecule has 0 aliphatic carbocycles. The molecular formula is C25H20Cl2N4O2. The van der Waals surface area contributed by atoms with E-state index in [-0.39, 0.29) is 11.7 Å². The number of benzene rings is 2. The molecule has 0 bridgehead atoms. The summed E-state index contributed by atoms with van der Waals surface area (Å²) in [6.07, 6.45) is 3.43. The molecule has 1 aliphatic heterocycles. The number of H-pyrrole nitrogens is 1. The van der Waals surface area contributed by atoms with Crippen LogP contribution in [0.2, 0.25) is 10.0 Å². The molecule has 5 rings (SSSR count). The Morgan fingerprint density at radius 1 is 1.12 bits per heavy atom.